The van der Waals surface area contributed by atoms with Crippen molar-refractivity contribution in [3.05, 3.63) is 0 Å². The van der Waals surface area contributed by atoms with E-state index in [4.69, 9.17) is 38.9 Å². The average molecular weight is 333 g/mol. The Bertz CT molecular complexity index is 347. The second-order valence-corrected chi connectivity index (χ2v) is 6.34. The Morgan fingerprint density at radius 3 is 0.562 bits per heavy atom. The van der Waals surface area contributed by atoms with E-state index in [1.165, 1.54) is 0 Å². The molecule has 0 heterocycles. The second-order valence-electron chi connectivity index (χ2n) is 2.11. The first-order valence-electron chi connectivity index (χ1n) is 2.72. The van der Waals surface area contributed by atoms with Gasteiger partial charge in [-0.15, -0.1) is 0 Å². The predicted octanol–water partition coefficient (Wildman–Crippen LogP) is -2.52. The molecule has 97 valence electrons. The molecular formula is C3H9O9S3Ti. The van der Waals surface area contributed by atoms with Crippen LogP contribution < -0.4 is 0 Å². The van der Waals surface area contributed by atoms with Gasteiger partial charge in [0.1, 0.15) is 0 Å². The van der Waals surface area contributed by atoms with Gasteiger partial charge in [-0.2, -0.15) is 0 Å². The summed E-state index contributed by atoms with van der Waals surface area (Å²) in [7, 11) is -11.8. The fourth-order valence-electron chi connectivity index (χ4n) is 0. The van der Waals surface area contributed by atoms with Crippen LogP contribution in [0, 0.1) is 0 Å². The third kappa shape index (κ3) is 13200. The molecule has 0 aromatic carbocycles. The van der Waals surface area contributed by atoms with Crippen molar-refractivity contribution in [2.45, 2.75) is 0 Å². The molecule has 9 nitrogen and oxygen atoms in total. The Labute approximate surface area is 109 Å². The van der Waals surface area contributed by atoms with Gasteiger partial charge in [-0.1, -0.05) is 0 Å². The maximum atomic E-state index is 9.08. The summed E-state index contributed by atoms with van der Waals surface area (Å²) >= 11 is 0. The van der Waals surface area contributed by atoms with E-state index in [9.17, 15) is 0 Å². The Hall–Kier alpha value is 0.444. The molecular weight excluding hydrogens is 324 g/mol. The zero-order chi connectivity index (χ0) is 13.5. The Morgan fingerprint density at radius 1 is 0.562 bits per heavy atom. The molecule has 0 aliphatic rings. The third-order valence-corrected chi connectivity index (χ3v) is 0. The molecule has 16 heavy (non-hydrogen) atoms. The van der Waals surface area contributed by atoms with E-state index in [-0.39, 0.29) is 21.7 Å². The zero-order valence-corrected chi connectivity index (χ0v) is 12.4. The molecule has 0 spiro atoms. The first kappa shape index (κ1) is 25.3. The number of hydrogen-bond donors (Lipinski definition) is 0. The molecule has 0 saturated carbocycles. The van der Waals surface area contributed by atoms with E-state index in [0.29, 0.717) is 18.8 Å². The maximum absolute atomic E-state index is 9.08. The van der Waals surface area contributed by atoms with Crippen LogP contribution in [0.25, 0.3) is 0 Å². The Morgan fingerprint density at radius 2 is 0.562 bits per heavy atom. The van der Waals surface area contributed by atoms with Gasteiger partial charge in [0.2, 0.25) is 0 Å². The summed E-state index contributed by atoms with van der Waals surface area (Å²) < 4.78 is 81.7. The van der Waals surface area contributed by atoms with E-state index >= 15 is 0 Å². The molecule has 0 amide bonds. The van der Waals surface area contributed by atoms with Gasteiger partial charge >= 0.3 is 21.7 Å². The topological polar surface area (TPSA) is 172 Å². The number of rotatable bonds is 0. The second kappa shape index (κ2) is 9.47. The van der Waals surface area contributed by atoms with Crippen LogP contribution in [0.4, 0.5) is 0 Å². The van der Waals surface area contributed by atoms with Crippen molar-refractivity contribution < 1.29 is 60.6 Å². The normalized spacial score (nSPS) is 10.9. The summed E-state index contributed by atoms with van der Waals surface area (Å²) in [6.07, 6.45) is 1.81. The quantitative estimate of drug-likeness (QED) is 0.342. The summed E-state index contributed by atoms with van der Waals surface area (Å²) in [5, 5.41) is 0. The van der Waals surface area contributed by atoms with Gasteiger partial charge in [0.25, 0.3) is 0 Å². The van der Waals surface area contributed by atoms with Gasteiger partial charge in [0.05, 0.1) is 30.4 Å². The molecule has 0 unspecified atom stereocenters. The molecule has 13 heteroatoms. The standard InChI is InChI=1S/3CH4O3S.Ti/c3*1-5(2,3)4;/h3*1H3,(H,2,3,4);/q;;;+3/p-3. The summed E-state index contributed by atoms with van der Waals surface area (Å²) in [6, 6.07) is 0. The summed E-state index contributed by atoms with van der Waals surface area (Å²) in [4.78, 5) is 0. The molecule has 0 bridgehead atoms. The van der Waals surface area contributed by atoms with Gasteiger partial charge < -0.3 is 13.7 Å². The molecule has 0 aromatic rings. The van der Waals surface area contributed by atoms with Crippen molar-refractivity contribution in [1.82, 2.24) is 0 Å². The molecule has 0 aliphatic carbocycles. The molecule has 1 radical (unpaired) electrons. The predicted molar refractivity (Wildman–Crippen MR) is 46.9 cm³/mol. The van der Waals surface area contributed by atoms with Gasteiger partial charge in [-0.05, 0) is 0 Å². The van der Waals surface area contributed by atoms with Crippen LogP contribution in [-0.4, -0.2) is 57.7 Å². The van der Waals surface area contributed by atoms with Crippen LogP contribution in [0.1, 0.15) is 0 Å². The fraction of sp³-hybridized carbons (Fsp3) is 1.00. The largest absolute Gasteiger partial charge is 3.00 e. The fourth-order valence-corrected chi connectivity index (χ4v) is 0. The van der Waals surface area contributed by atoms with Crippen LogP contribution in [0.15, 0.2) is 0 Å². The summed E-state index contributed by atoms with van der Waals surface area (Å²) in [5.41, 5.74) is 0. The first-order chi connectivity index (χ1) is 6.00. The van der Waals surface area contributed by atoms with Crippen LogP contribution >= 0.6 is 0 Å². The van der Waals surface area contributed by atoms with E-state index in [1.54, 1.807) is 0 Å². The van der Waals surface area contributed by atoms with Crippen molar-refractivity contribution in [3.8, 4) is 0 Å². The van der Waals surface area contributed by atoms with E-state index < -0.39 is 30.4 Å². The molecule has 0 fully saturated rings. The summed E-state index contributed by atoms with van der Waals surface area (Å²) in [5.74, 6) is 0. The van der Waals surface area contributed by atoms with Gasteiger partial charge in [-0.25, -0.2) is 25.3 Å². The van der Waals surface area contributed by atoms with Crippen molar-refractivity contribution in [2.75, 3.05) is 18.8 Å². The minimum Gasteiger partial charge on any atom is -0.748 e. The monoisotopic (exact) mass is 333 g/mol. The number of hydrogen-bond acceptors (Lipinski definition) is 9. The Balaban J connectivity index is -0.0000000655. The van der Waals surface area contributed by atoms with Crippen molar-refractivity contribution in [1.29, 1.82) is 0 Å². The molecule has 0 aromatic heterocycles. The van der Waals surface area contributed by atoms with E-state index in [1.807, 2.05) is 0 Å². The van der Waals surface area contributed by atoms with Crippen LogP contribution in [-0.2, 0) is 52.1 Å². The van der Waals surface area contributed by atoms with Gasteiger partial charge in [0, 0.05) is 18.8 Å². The smallest absolute Gasteiger partial charge is 0.748 e. The summed E-state index contributed by atoms with van der Waals surface area (Å²) in [6.45, 7) is 0. The maximum Gasteiger partial charge on any atom is 3.00 e. The SMILES string of the molecule is CS(=O)(=O)[O-].CS(=O)(=O)[O-].CS(=O)(=O)[O-].[Ti+3]. The minimum absolute atomic E-state index is 0. The Kier molecular flexibility index (Phi) is 15.0. The van der Waals surface area contributed by atoms with Gasteiger partial charge in [0.15, 0.2) is 0 Å². The molecule has 0 saturated heterocycles. The third-order valence-electron chi connectivity index (χ3n) is 0. The first-order valence-corrected chi connectivity index (χ1v) is 8.17. The van der Waals surface area contributed by atoms with E-state index in [0.717, 1.165) is 0 Å². The van der Waals surface area contributed by atoms with E-state index in [2.05, 4.69) is 0 Å². The van der Waals surface area contributed by atoms with Gasteiger partial charge in [-0.3, -0.25) is 0 Å². The molecule has 0 aliphatic heterocycles. The van der Waals surface area contributed by atoms with Crippen molar-refractivity contribution >= 4 is 30.4 Å². The zero-order valence-electron chi connectivity index (χ0n) is 8.40. The van der Waals surface area contributed by atoms with Crippen LogP contribution in [0.5, 0.6) is 0 Å². The van der Waals surface area contributed by atoms with Crippen molar-refractivity contribution in [3.63, 3.8) is 0 Å². The molecule has 0 rings (SSSR count). The molecule has 0 N–H and O–H groups in total. The average Bonchev–Trinajstić information content (AvgIpc) is 1.41. The van der Waals surface area contributed by atoms with Crippen LogP contribution in [0.2, 0.25) is 0 Å². The van der Waals surface area contributed by atoms with Crippen molar-refractivity contribution in [2.24, 2.45) is 0 Å². The molecule has 0 atom stereocenters. The van der Waals surface area contributed by atoms with Crippen LogP contribution in [0.3, 0.4) is 0 Å². The minimum atomic E-state index is -3.92.